The number of carbonyl (C=O) groups is 2. The van der Waals surface area contributed by atoms with Gasteiger partial charge in [-0.15, -0.1) is 0 Å². The Labute approximate surface area is 289 Å². The van der Waals surface area contributed by atoms with E-state index in [-0.39, 0.29) is 37.4 Å². The summed E-state index contributed by atoms with van der Waals surface area (Å²) in [4.78, 5) is 27.0. The molecule has 2 heterocycles. The van der Waals surface area contributed by atoms with Crippen LogP contribution >= 0.6 is 0 Å². The molecule has 14 unspecified atom stereocenters. The first-order valence-electron chi connectivity index (χ1n) is 18.1. The number of carbonyl (C=O) groups excluding carboxylic acids is 2. The molecule has 14 atom stereocenters. The molecule has 4 aliphatic carbocycles. The fraction of sp³-hybridized carbons (Fsp3) is 0.892. The minimum absolute atomic E-state index is 0.0644. The Hall–Kier alpha value is -1.64. The summed E-state index contributed by atoms with van der Waals surface area (Å²) in [6, 6.07) is 0. The Kier molecular flexibility index (Phi) is 8.85. The van der Waals surface area contributed by atoms with Gasteiger partial charge in [0.25, 0.3) is 0 Å². The van der Waals surface area contributed by atoms with Gasteiger partial charge in [0.05, 0.1) is 24.4 Å². The van der Waals surface area contributed by atoms with Crippen LogP contribution in [0.25, 0.3) is 0 Å². The molecule has 2 saturated heterocycles. The quantitative estimate of drug-likeness (QED) is 0.130. The van der Waals surface area contributed by atoms with E-state index in [0.717, 1.165) is 12.0 Å². The summed E-state index contributed by atoms with van der Waals surface area (Å²) in [6.45, 7) is 14.6. The maximum Gasteiger partial charge on any atom is 0.319 e. The van der Waals surface area contributed by atoms with Crippen molar-refractivity contribution in [2.75, 3.05) is 6.61 Å². The molecule has 6 rings (SSSR count). The first kappa shape index (κ1) is 37.1. The van der Waals surface area contributed by atoms with Crippen LogP contribution in [0.3, 0.4) is 0 Å². The second-order valence-corrected chi connectivity index (χ2v) is 18.0. The van der Waals surface area contributed by atoms with Crippen LogP contribution < -0.4 is 0 Å². The lowest BCUT2D eigenvalue weighted by Crippen LogP contribution is -2.70. The van der Waals surface area contributed by atoms with Gasteiger partial charge in [-0.2, -0.15) is 0 Å². The van der Waals surface area contributed by atoms with Gasteiger partial charge in [0.15, 0.2) is 11.9 Å². The van der Waals surface area contributed by atoms with E-state index in [4.69, 9.17) is 18.9 Å². The Morgan fingerprint density at radius 3 is 2.33 bits per heavy atom. The molecule has 0 aromatic heterocycles. The molecule has 49 heavy (non-hydrogen) atoms. The van der Waals surface area contributed by atoms with Crippen molar-refractivity contribution >= 4 is 11.9 Å². The van der Waals surface area contributed by atoms with E-state index in [2.05, 4.69) is 20.8 Å². The van der Waals surface area contributed by atoms with Crippen molar-refractivity contribution in [2.45, 2.75) is 166 Å². The van der Waals surface area contributed by atoms with Crippen LogP contribution in [-0.2, 0) is 28.5 Å². The first-order valence-corrected chi connectivity index (χ1v) is 18.1. The van der Waals surface area contributed by atoms with Crippen molar-refractivity contribution in [3.05, 3.63) is 11.6 Å². The number of cyclic esters (lactones) is 1. The highest BCUT2D eigenvalue weighted by Crippen LogP contribution is 2.77. The lowest BCUT2D eigenvalue weighted by Gasteiger charge is -2.64. The molecule has 0 amide bonds. The number of esters is 2. The molecule has 3 saturated carbocycles. The van der Waals surface area contributed by atoms with E-state index >= 15 is 0 Å². The third-order valence-corrected chi connectivity index (χ3v) is 14.3. The van der Waals surface area contributed by atoms with E-state index in [0.29, 0.717) is 32.1 Å². The van der Waals surface area contributed by atoms with Gasteiger partial charge in [0.1, 0.15) is 35.4 Å². The average Bonchev–Trinajstić information content (AvgIpc) is 3.30. The fourth-order valence-electron chi connectivity index (χ4n) is 11.9. The number of aliphatic hydroxyl groups excluding tert-OH is 4. The van der Waals surface area contributed by atoms with Crippen LogP contribution in [0.4, 0.5) is 0 Å². The molecule has 2 aliphatic heterocycles. The van der Waals surface area contributed by atoms with E-state index in [1.807, 2.05) is 6.92 Å². The molecule has 0 bridgehead atoms. The van der Waals surface area contributed by atoms with Gasteiger partial charge in [-0.25, -0.2) is 0 Å². The first-order chi connectivity index (χ1) is 22.5. The zero-order valence-electron chi connectivity index (χ0n) is 30.3. The fourth-order valence-corrected chi connectivity index (χ4v) is 11.9. The highest BCUT2D eigenvalue weighted by atomic mass is 16.7. The molecule has 12 heteroatoms. The van der Waals surface area contributed by atoms with Crippen molar-refractivity contribution in [3.8, 4) is 0 Å². The number of hydrogen-bond donors (Lipinski definition) is 6. The van der Waals surface area contributed by atoms with Crippen molar-refractivity contribution in [1.29, 1.82) is 0 Å². The van der Waals surface area contributed by atoms with Gasteiger partial charge < -0.3 is 49.6 Å². The third kappa shape index (κ3) is 4.98. The summed E-state index contributed by atoms with van der Waals surface area (Å²) in [7, 11) is 0. The van der Waals surface area contributed by atoms with Gasteiger partial charge in [-0.3, -0.25) is 9.59 Å². The number of ether oxygens (including phenoxy) is 4. The summed E-state index contributed by atoms with van der Waals surface area (Å²) in [5, 5.41) is 66.6. The zero-order valence-corrected chi connectivity index (χ0v) is 30.3. The van der Waals surface area contributed by atoms with Crippen molar-refractivity contribution < 1.29 is 59.2 Å². The summed E-state index contributed by atoms with van der Waals surface area (Å²) in [6.07, 6.45) is -2.29. The van der Waals surface area contributed by atoms with E-state index in [1.54, 1.807) is 26.8 Å². The Bertz CT molecular complexity index is 1370. The van der Waals surface area contributed by atoms with E-state index in [1.165, 1.54) is 6.92 Å². The molecule has 0 aromatic carbocycles. The van der Waals surface area contributed by atoms with Crippen LogP contribution in [0.2, 0.25) is 0 Å². The summed E-state index contributed by atoms with van der Waals surface area (Å²) in [5.41, 5.74) is -7.16. The maximum absolute atomic E-state index is 14.4. The average molecular weight is 695 g/mol. The predicted molar refractivity (Wildman–Crippen MR) is 174 cm³/mol. The monoisotopic (exact) mass is 694 g/mol. The van der Waals surface area contributed by atoms with Gasteiger partial charge >= 0.3 is 11.9 Å². The van der Waals surface area contributed by atoms with Crippen molar-refractivity contribution in [2.24, 2.45) is 33.5 Å². The van der Waals surface area contributed by atoms with Gasteiger partial charge in [-0.05, 0) is 100 Å². The Balaban J connectivity index is 1.36. The molecule has 6 N–H and O–H groups in total. The standard InChI is InChI=1S/C37H58O12/c1-19(38)47-26-17-34(7)20-10-11-23-32(4,5)25(48-29-28(42)27(41)22(39)18-46-29)12-15-33(23,6)21(20)16-24(40)36(34)30(43)49-35(8,37(26,36)45)14-9-13-31(2,3)44/h16,20,22-29,39-42,44-45H,9-15,17-18H2,1-8H3. The molecule has 278 valence electrons. The minimum Gasteiger partial charge on any atom is -0.459 e. The topological polar surface area (TPSA) is 192 Å². The second-order valence-electron chi connectivity index (χ2n) is 18.0. The largest absolute Gasteiger partial charge is 0.459 e. The summed E-state index contributed by atoms with van der Waals surface area (Å²) < 4.78 is 24.0. The molecule has 6 aliphatic rings. The number of allylic oxidation sites excluding steroid dienone is 1. The SMILES string of the molecule is CC(=O)OC1CC2(C)C3CCC4C(C)(CCC(OC5OCC(O)C(O)C5O)C4(C)C)C3=CC(O)C23C(=O)OC(C)(CCCC(C)(C)O)C13O. The second kappa shape index (κ2) is 11.7. The number of fused-ring (bicyclic) bond motifs is 4. The molecule has 5 fully saturated rings. The highest BCUT2D eigenvalue weighted by molar-refractivity contribution is 5.87. The van der Waals surface area contributed by atoms with E-state index in [9.17, 15) is 40.2 Å². The predicted octanol–water partition coefficient (Wildman–Crippen LogP) is 2.28. The molecule has 1 spiro atoms. The number of hydrogen-bond acceptors (Lipinski definition) is 12. The van der Waals surface area contributed by atoms with Crippen LogP contribution in [0.15, 0.2) is 11.6 Å². The van der Waals surface area contributed by atoms with Crippen LogP contribution in [0.5, 0.6) is 0 Å². The summed E-state index contributed by atoms with van der Waals surface area (Å²) >= 11 is 0. The van der Waals surface area contributed by atoms with Crippen LogP contribution in [-0.4, -0.2) is 109 Å². The van der Waals surface area contributed by atoms with Gasteiger partial charge in [0, 0.05) is 6.92 Å². The molecule has 0 aromatic rings. The lowest BCUT2D eigenvalue weighted by molar-refractivity contribution is -0.302. The summed E-state index contributed by atoms with van der Waals surface area (Å²) in [5.74, 6) is -1.45. The Morgan fingerprint density at radius 1 is 1.02 bits per heavy atom. The van der Waals surface area contributed by atoms with Gasteiger partial charge in [-0.1, -0.05) is 39.3 Å². The number of aliphatic hydroxyl groups is 6. The number of rotatable bonds is 7. The van der Waals surface area contributed by atoms with E-state index < -0.39 is 87.2 Å². The lowest BCUT2D eigenvalue weighted by atomic mass is 9.40. The smallest absolute Gasteiger partial charge is 0.319 e. The Morgan fingerprint density at radius 2 is 1.69 bits per heavy atom. The molecule has 12 nitrogen and oxygen atoms in total. The molecule has 0 radical (unpaired) electrons. The normalized spacial score (nSPS) is 50.4. The third-order valence-electron chi connectivity index (χ3n) is 14.3. The maximum atomic E-state index is 14.4. The molecular formula is C37H58O12. The highest BCUT2D eigenvalue weighted by Gasteiger charge is 2.89. The van der Waals surface area contributed by atoms with Crippen LogP contribution in [0.1, 0.15) is 107 Å². The van der Waals surface area contributed by atoms with Crippen molar-refractivity contribution in [3.63, 3.8) is 0 Å². The van der Waals surface area contributed by atoms with Crippen molar-refractivity contribution in [1.82, 2.24) is 0 Å². The minimum atomic E-state index is -2.04. The van der Waals surface area contributed by atoms with Crippen LogP contribution in [0, 0.1) is 33.5 Å². The molecular weight excluding hydrogens is 636 g/mol. The zero-order chi connectivity index (χ0) is 36.3. The van der Waals surface area contributed by atoms with Gasteiger partial charge in [0.2, 0.25) is 0 Å².